The number of nitrogens with zero attached hydrogens (tertiary/aromatic N) is 2. The summed E-state index contributed by atoms with van der Waals surface area (Å²) in [4.78, 5) is 54.7. The van der Waals surface area contributed by atoms with Gasteiger partial charge in [0.15, 0.2) is 0 Å². The van der Waals surface area contributed by atoms with E-state index in [4.69, 9.17) is 9.57 Å². The van der Waals surface area contributed by atoms with Crippen molar-refractivity contribution in [2.24, 2.45) is 5.92 Å². The molecule has 0 spiro atoms. The van der Waals surface area contributed by atoms with Gasteiger partial charge in [-0.2, -0.15) is 0 Å². The summed E-state index contributed by atoms with van der Waals surface area (Å²) in [6.07, 6.45) is 0.485. The summed E-state index contributed by atoms with van der Waals surface area (Å²) in [5.41, 5.74) is 0.357. The molecule has 152 valence electrons. The first-order valence-electron chi connectivity index (χ1n) is 9.16. The number of benzene rings is 1. The third kappa shape index (κ3) is 5.55. The first kappa shape index (κ1) is 21.4. The zero-order valence-corrected chi connectivity index (χ0v) is 16.6. The highest BCUT2D eigenvalue weighted by atomic mass is 16.7. The predicted molar refractivity (Wildman–Crippen MR) is 100 cm³/mol. The van der Waals surface area contributed by atoms with Gasteiger partial charge in [0.05, 0.1) is 5.92 Å². The summed E-state index contributed by atoms with van der Waals surface area (Å²) in [6.45, 7) is 7.75. The number of rotatable bonds is 3. The Morgan fingerprint density at radius 3 is 2.29 bits per heavy atom. The molecule has 0 aromatic heterocycles. The van der Waals surface area contributed by atoms with E-state index in [9.17, 15) is 19.2 Å². The van der Waals surface area contributed by atoms with Gasteiger partial charge in [-0.3, -0.25) is 9.59 Å². The number of hydroxylamine groups is 2. The lowest BCUT2D eigenvalue weighted by atomic mass is 9.97. The zero-order chi connectivity index (χ0) is 20.9. The fraction of sp³-hybridized carbons (Fsp3) is 0.500. The van der Waals surface area contributed by atoms with Gasteiger partial charge in [0.2, 0.25) is 0 Å². The molecule has 0 bridgehead atoms. The maximum Gasteiger partial charge on any atom is 0.410 e. The molecule has 0 radical (unpaired) electrons. The summed E-state index contributed by atoms with van der Waals surface area (Å²) in [6, 6.07) is 6.71. The van der Waals surface area contributed by atoms with E-state index in [1.165, 1.54) is 4.90 Å². The van der Waals surface area contributed by atoms with Crippen molar-refractivity contribution in [3.8, 4) is 0 Å². The van der Waals surface area contributed by atoms with E-state index in [1.54, 1.807) is 52.0 Å². The van der Waals surface area contributed by atoms with Crippen LogP contribution >= 0.6 is 0 Å². The van der Waals surface area contributed by atoms with Crippen molar-refractivity contribution < 1.29 is 28.8 Å². The van der Waals surface area contributed by atoms with E-state index >= 15 is 0 Å². The molecule has 1 saturated heterocycles. The van der Waals surface area contributed by atoms with Gasteiger partial charge in [0.25, 0.3) is 12.3 Å². The van der Waals surface area contributed by atoms with E-state index in [0.29, 0.717) is 36.6 Å². The minimum atomic E-state index is -0.701. The lowest BCUT2D eigenvalue weighted by Crippen LogP contribution is -2.44. The molecule has 1 aromatic rings. The topological polar surface area (TPSA) is 93.2 Å². The second-order valence-corrected chi connectivity index (χ2v) is 7.70. The van der Waals surface area contributed by atoms with Crippen molar-refractivity contribution in [2.45, 2.75) is 46.1 Å². The van der Waals surface area contributed by atoms with Crippen LogP contribution in [-0.4, -0.2) is 53.0 Å². The molecule has 1 aliphatic heterocycles. The minimum absolute atomic E-state index is 0.183. The normalized spacial score (nSPS) is 14.9. The zero-order valence-electron chi connectivity index (χ0n) is 16.6. The first-order valence-corrected chi connectivity index (χ1v) is 9.16. The Labute approximate surface area is 164 Å². The van der Waals surface area contributed by atoms with Gasteiger partial charge in [0.1, 0.15) is 5.60 Å². The number of hydrogen-bond acceptors (Lipinski definition) is 6. The Balaban J connectivity index is 1.92. The van der Waals surface area contributed by atoms with Crippen LogP contribution in [0.3, 0.4) is 0 Å². The van der Waals surface area contributed by atoms with Crippen molar-refractivity contribution in [3.05, 3.63) is 35.4 Å². The molecule has 0 N–H and O–H groups in total. The molecular formula is C20H26N2O6. The first-order chi connectivity index (χ1) is 13.1. The highest BCUT2D eigenvalue weighted by Crippen LogP contribution is 2.21. The Bertz CT molecular complexity index is 747. The summed E-state index contributed by atoms with van der Waals surface area (Å²) in [5, 5.41) is 0.422. The maximum atomic E-state index is 12.4. The van der Waals surface area contributed by atoms with Crippen LogP contribution in [0.4, 0.5) is 4.79 Å². The highest BCUT2D eigenvalue weighted by molar-refractivity contribution is 6.00. The SMILES string of the molecule is Cc1ccccc1C(=O)N(C=O)OC(=O)C1CCN(C(=O)OC(C)(C)C)CC1. The van der Waals surface area contributed by atoms with Crippen LogP contribution in [0, 0.1) is 12.8 Å². The Morgan fingerprint density at radius 2 is 1.75 bits per heavy atom. The average molecular weight is 390 g/mol. The molecule has 1 aliphatic rings. The number of ether oxygens (including phenoxy) is 1. The van der Waals surface area contributed by atoms with Crippen LogP contribution in [0.25, 0.3) is 0 Å². The van der Waals surface area contributed by atoms with E-state index in [0.717, 1.165) is 0 Å². The Hall–Kier alpha value is -2.90. The molecule has 28 heavy (non-hydrogen) atoms. The van der Waals surface area contributed by atoms with E-state index < -0.39 is 29.5 Å². The fourth-order valence-electron chi connectivity index (χ4n) is 2.84. The van der Waals surface area contributed by atoms with Gasteiger partial charge in [-0.1, -0.05) is 18.2 Å². The molecule has 2 rings (SSSR count). The number of likely N-dealkylation sites (tertiary alicyclic amines) is 1. The van der Waals surface area contributed by atoms with Crippen LogP contribution < -0.4 is 0 Å². The number of aryl methyl sites for hydroxylation is 1. The molecule has 1 fully saturated rings. The van der Waals surface area contributed by atoms with Gasteiger partial charge in [0, 0.05) is 18.7 Å². The Morgan fingerprint density at radius 1 is 1.14 bits per heavy atom. The number of amides is 3. The molecule has 0 saturated carbocycles. The molecule has 3 amide bonds. The summed E-state index contributed by atoms with van der Waals surface area (Å²) in [5.74, 6) is -1.88. The average Bonchev–Trinajstić information content (AvgIpc) is 2.64. The number of carbonyl (C=O) groups excluding carboxylic acids is 4. The molecule has 1 heterocycles. The van der Waals surface area contributed by atoms with Gasteiger partial charge in [-0.05, 0) is 52.2 Å². The van der Waals surface area contributed by atoms with Gasteiger partial charge < -0.3 is 14.5 Å². The van der Waals surface area contributed by atoms with Crippen molar-refractivity contribution in [1.29, 1.82) is 0 Å². The van der Waals surface area contributed by atoms with Crippen molar-refractivity contribution in [1.82, 2.24) is 9.96 Å². The molecule has 0 aliphatic carbocycles. The Kier molecular flexibility index (Phi) is 6.77. The van der Waals surface area contributed by atoms with Crippen LogP contribution in [0.5, 0.6) is 0 Å². The monoisotopic (exact) mass is 390 g/mol. The predicted octanol–water partition coefficient (Wildman–Crippen LogP) is 2.70. The highest BCUT2D eigenvalue weighted by Gasteiger charge is 2.33. The molecule has 1 aromatic carbocycles. The smallest absolute Gasteiger partial charge is 0.410 e. The fourth-order valence-corrected chi connectivity index (χ4v) is 2.84. The number of imide groups is 1. The van der Waals surface area contributed by atoms with Crippen molar-refractivity contribution >= 4 is 24.4 Å². The van der Waals surface area contributed by atoms with Gasteiger partial charge in [-0.25, -0.2) is 9.59 Å². The molecule has 0 unspecified atom stereocenters. The summed E-state index contributed by atoms with van der Waals surface area (Å²) in [7, 11) is 0. The van der Waals surface area contributed by atoms with Crippen LogP contribution in [0.2, 0.25) is 0 Å². The molecule has 0 atom stereocenters. The van der Waals surface area contributed by atoms with Crippen molar-refractivity contribution in [3.63, 3.8) is 0 Å². The van der Waals surface area contributed by atoms with E-state index in [2.05, 4.69) is 0 Å². The largest absolute Gasteiger partial charge is 0.444 e. The third-order valence-electron chi connectivity index (χ3n) is 4.34. The maximum absolute atomic E-state index is 12.4. The van der Waals surface area contributed by atoms with Crippen LogP contribution in [-0.2, 0) is 19.2 Å². The second kappa shape index (κ2) is 8.86. The van der Waals surface area contributed by atoms with E-state index in [1.807, 2.05) is 0 Å². The number of hydrogen-bond donors (Lipinski definition) is 0. The molecular weight excluding hydrogens is 364 g/mol. The lowest BCUT2D eigenvalue weighted by Gasteiger charge is -2.32. The van der Waals surface area contributed by atoms with Gasteiger partial charge >= 0.3 is 12.1 Å². The minimum Gasteiger partial charge on any atom is -0.444 e. The standard InChI is InChI=1S/C20H26N2O6/c1-14-7-5-6-8-16(14)17(24)22(13-23)28-18(25)15-9-11-21(12-10-15)19(26)27-20(2,3)4/h5-8,13,15H,9-12H2,1-4H3. The second-order valence-electron chi connectivity index (χ2n) is 7.70. The van der Waals surface area contributed by atoms with Crippen molar-refractivity contribution in [2.75, 3.05) is 13.1 Å². The molecule has 8 nitrogen and oxygen atoms in total. The number of carbonyl (C=O) groups is 4. The number of piperidine rings is 1. The van der Waals surface area contributed by atoms with Crippen LogP contribution in [0.1, 0.15) is 49.5 Å². The summed E-state index contributed by atoms with van der Waals surface area (Å²) < 4.78 is 5.32. The quantitative estimate of drug-likeness (QED) is 0.582. The van der Waals surface area contributed by atoms with Crippen LogP contribution in [0.15, 0.2) is 24.3 Å². The molecule has 8 heteroatoms. The lowest BCUT2D eigenvalue weighted by molar-refractivity contribution is -0.185. The third-order valence-corrected chi connectivity index (χ3v) is 4.34. The van der Waals surface area contributed by atoms with Gasteiger partial charge in [-0.15, -0.1) is 5.06 Å². The summed E-state index contributed by atoms with van der Waals surface area (Å²) >= 11 is 0. The van der Waals surface area contributed by atoms with E-state index in [-0.39, 0.29) is 12.0 Å².